The average molecular weight is 313 g/mol. The monoisotopic (exact) mass is 313 g/mol. The highest BCUT2D eigenvalue weighted by Crippen LogP contribution is 2.37. The molecule has 4 heteroatoms. The fourth-order valence-electron chi connectivity index (χ4n) is 4.28. The van der Waals surface area contributed by atoms with Gasteiger partial charge in [-0.15, -0.1) is 0 Å². The Labute approximate surface area is 138 Å². The normalized spacial score (nSPS) is 20.5. The molecule has 1 saturated carbocycles. The third-order valence-corrected chi connectivity index (χ3v) is 5.58. The summed E-state index contributed by atoms with van der Waals surface area (Å²) >= 11 is 0. The number of fused-ring (bicyclic) bond motifs is 1. The van der Waals surface area contributed by atoms with Crippen LogP contribution in [0.15, 0.2) is 18.2 Å². The van der Waals surface area contributed by atoms with Crippen LogP contribution in [-0.2, 0) is 6.54 Å². The van der Waals surface area contributed by atoms with Crippen LogP contribution in [0, 0.1) is 0 Å². The molecule has 0 spiro atoms. The molecular weight excluding hydrogens is 286 g/mol. The van der Waals surface area contributed by atoms with Gasteiger partial charge in [0.2, 0.25) is 0 Å². The standard InChI is InChI=1S/C19H27N3O/c23-16-8-9-17-18(14-16)22(13-12-21-10-4-1-5-11-21)20-19(17)15-6-2-3-7-15/h8-9,14-15,23H,1-7,10-13H2. The first-order valence-corrected chi connectivity index (χ1v) is 9.23. The van der Waals surface area contributed by atoms with Crippen LogP contribution in [-0.4, -0.2) is 39.4 Å². The topological polar surface area (TPSA) is 41.3 Å². The van der Waals surface area contributed by atoms with Crippen molar-refractivity contribution in [3.63, 3.8) is 0 Å². The van der Waals surface area contributed by atoms with Crippen LogP contribution in [0.1, 0.15) is 56.6 Å². The predicted molar refractivity (Wildman–Crippen MR) is 92.9 cm³/mol. The molecule has 2 fully saturated rings. The zero-order chi connectivity index (χ0) is 15.6. The van der Waals surface area contributed by atoms with Gasteiger partial charge in [0.1, 0.15) is 5.75 Å². The smallest absolute Gasteiger partial charge is 0.117 e. The maximum atomic E-state index is 9.89. The first-order chi connectivity index (χ1) is 11.3. The molecule has 0 amide bonds. The summed E-state index contributed by atoms with van der Waals surface area (Å²) in [7, 11) is 0. The van der Waals surface area contributed by atoms with E-state index in [0.29, 0.717) is 11.7 Å². The molecule has 2 aliphatic rings. The minimum absolute atomic E-state index is 0.342. The van der Waals surface area contributed by atoms with Gasteiger partial charge in [0.15, 0.2) is 0 Å². The number of rotatable bonds is 4. The van der Waals surface area contributed by atoms with Crippen molar-refractivity contribution in [3.05, 3.63) is 23.9 Å². The summed E-state index contributed by atoms with van der Waals surface area (Å²) in [5.41, 5.74) is 2.36. The lowest BCUT2D eigenvalue weighted by atomic mass is 10.0. The summed E-state index contributed by atoms with van der Waals surface area (Å²) in [6, 6.07) is 5.75. The second kappa shape index (κ2) is 6.52. The molecule has 4 nitrogen and oxygen atoms in total. The Morgan fingerprint density at radius 2 is 1.78 bits per heavy atom. The summed E-state index contributed by atoms with van der Waals surface area (Å²) in [6.07, 6.45) is 9.21. The third-order valence-electron chi connectivity index (χ3n) is 5.58. The zero-order valence-corrected chi connectivity index (χ0v) is 13.9. The fourth-order valence-corrected chi connectivity index (χ4v) is 4.28. The Bertz CT molecular complexity index is 667. The Hall–Kier alpha value is -1.55. The number of phenolic OH excluding ortho intramolecular Hbond substituents is 1. The highest BCUT2D eigenvalue weighted by atomic mass is 16.3. The SMILES string of the molecule is Oc1ccc2c(C3CCCC3)nn(CCN3CCCCC3)c2c1. The minimum Gasteiger partial charge on any atom is -0.508 e. The highest BCUT2D eigenvalue weighted by Gasteiger charge is 2.23. The van der Waals surface area contributed by atoms with E-state index in [9.17, 15) is 5.11 Å². The summed E-state index contributed by atoms with van der Waals surface area (Å²) in [5, 5.41) is 16.1. The molecule has 0 atom stereocenters. The van der Waals surface area contributed by atoms with E-state index in [-0.39, 0.29) is 0 Å². The molecule has 2 aromatic rings. The van der Waals surface area contributed by atoms with Gasteiger partial charge in [0.05, 0.1) is 17.8 Å². The number of hydrogen-bond acceptors (Lipinski definition) is 3. The van der Waals surface area contributed by atoms with Gasteiger partial charge in [0, 0.05) is 23.9 Å². The molecule has 0 bridgehead atoms. The molecule has 1 aliphatic carbocycles. The molecule has 0 unspecified atom stereocenters. The van der Waals surface area contributed by atoms with E-state index in [1.807, 2.05) is 6.07 Å². The Morgan fingerprint density at radius 3 is 2.57 bits per heavy atom. The molecular formula is C19H27N3O. The average Bonchev–Trinajstić information content (AvgIpc) is 3.21. The van der Waals surface area contributed by atoms with Crippen LogP contribution < -0.4 is 0 Å². The van der Waals surface area contributed by atoms with Crippen LogP contribution in [0.25, 0.3) is 10.9 Å². The van der Waals surface area contributed by atoms with Gasteiger partial charge in [0.25, 0.3) is 0 Å². The van der Waals surface area contributed by atoms with Crippen molar-refractivity contribution in [1.82, 2.24) is 14.7 Å². The Kier molecular flexibility index (Phi) is 4.25. The second-order valence-electron chi connectivity index (χ2n) is 7.19. The molecule has 124 valence electrons. The first kappa shape index (κ1) is 15.0. The van der Waals surface area contributed by atoms with Crippen LogP contribution in [0.5, 0.6) is 5.75 Å². The lowest BCUT2D eigenvalue weighted by Crippen LogP contribution is -2.32. The molecule has 1 N–H and O–H groups in total. The predicted octanol–water partition coefficient (Wildman–Crippen LogP) is 3.89. The van der Waals surface area contributed by atoms with Crippen LogP contribution in [0.3, 0.4) is 0 Å². The summed E-state index contributed by atoms with van der Waals surface area (Å²) < 4.78 is 2.14. The number of benzene rings is 1. The lowest BCUT2D eigenvalue weighted by molar-refractivity contribution is 0.218. The van der Waals surface area contributed by atoms with Crippen molar-refractivity contribution in [1.29, 1.82) is 0 Å². The van der Waals surface area contributed by atoms with E-state index >= 15 is 0 Å². The molecule has 1 aliphatic heterocycles. The third kappa shape index (κ3) is 3.09. The minimum atomic E-state index is 0.342. The van der Waals surface area contributed by atoms with Crippen LogP contribution >= 0.6 is 0 Å². The van der Waals surface area contributed by atoms with Crippen molar-refractivity contribution in [2.24, 2.45) is 0 Å². The van der Waals surface area contributed by atoms with E-state index in [1.54, 1.807) is 6.07 Å². The van der Waals surface area contributed by atoms with Gasteiger partial charge in [-0.25, -0.2) is 0 Å². The highest BCUT2D eigenvalue weighted by molar-refractivity contribution is 5.84. The van der Waals surface area contributed by atoms with Crippen molar-refractivity contribution in [2.75, 3.05) is 19.6 Å². The lowest BCUT2D eigenvalue weighted by Gasteiger charge is -2.26. The number of hydrogen-bond donors (Lipinski definition) is 1. The summed E-state index contributed by atoms with van der Waals surface area (Å²) in [6.45, 7) is 4.43. The van der Waals surface area contributed by atoms with E-state index in [4.69, 9.17) is 5.10 Å². The van der Waals surface area contributed by atoms with Gasteiger partial charge in [-0.05, 0) is 50.9 Å². The number of aromatic hydroxyl groups is 1. The van der Waals surface area contributed by atoms with E-state index in [0.717, 1.165) is 18.6 Å². The van der Waals surface area contributed by atoms with Crippen LogP contribution in [0.2, 0.25) is 0 Å². The van der Waals surface area contributed by atoms with E-state index in [2.05, 4.69) is 15.6 Å². The van der Waals surface area contributed by atoms with Crippen LogP contribution in [0.4, 0.5) is 0 Å². The Balaban J connectivity index is 1.60. The molecule has 1 aromatic carbocycles. The van der Waals surface area contributed by atoms with Crippen molar-refractivity contribution in [2.45, 2.75) is 57.4 Å². The van der Waals surface area contributed by atoms with Gasteiger partial charge >= 0.3 is 0 Å². The van der Waals surface area contributed by atoms with Gasteiger partial charge in [-0.2, -0.15) is 5.10 Å². The molecule has 2 heterocycles. The zero-order valence-electron chi connectivity index (χ0n) is 13.9. The first-order valence-electron chi connectivity index (χ1n) is 9.23. The van der Waals surface area contributed by atoms with E-state index < -0.39 is 0 Å². The van der Waals surface area contributed by atoms with E-state index in [1.165, 1.54) is 69.1 Å². The number of phenols is 1. The van der Waals surface area contributed by atoms with Gasteiger partial charge < -0.3 is 10.0 Å². The molecule has 0 radical (unpaired) electrons. The fraction of sp³-hybridized carbons (Fsp3) is 0.632. The quantitative estimate of drug-likeness (QED) is 0.931. The number of piperidine rings is 1. The summed E-state index contributed by atoms with van der Waals surface area (Å²) in [4.78, 5) is 2.55. The second-order valence-corrected chi connectivity index (χ2v) is 7.19. The molecule has 1 saturated heterocycles. The molecule has 4 rings (SSSR count). The number of likely N-dealkylation sites (tertiary alicyclic amines) is 1. The van der Waals surface area contributed by atoms with Gasteiger partial charge in [-0.1, -0.05) is 19.3 Å². The van der Waals surface area contributed by atoms with Crippen molar-refractivity contribution in [3.8, 4) is 5.75 Å². The van der Waals surface area contributed by atoms with Crippen molar-refractivity contribution >= 4 is 10.9 Å². The molecule has 23 heavy (non-hydrogen) atoms. The summed E-state index contributed by atoms with van der Waals surface area (Å²) in [5.74, 6) is 0.952. The largest absolute Gasteiger partial charge is 0.508 e. The van der Waals surface area contributed by atoms with Crippen molar-refractivity contribution < 1.29 is 5.11 Å². The molecule has 1 aromatic heterocycles. The van der Waals surface area contributed by atoms with Gasteiger partial charge in [-0.3, -0.25) is 4.68 Å². The maximum Gasteiger partial charge on any atom is 0.117 e. The Morgan fingerprint density at radius 1 is 1.00 bits per heavy atom. The maximum absolute atomic E-state index is 9.89. The number of nitrogens with zero attached hydrogens (tertiary/aromatic N) is 3. The number of aromatic nitrogens is 2.